The number of aromatic amines is 1. The average molecular weight is 460 g/mol. The van der Waals surface area contributed by atoms with Crippen LogP contribution < -0.4 is 10.1 Å². The maximum Gasteiger partial charge on any atom is 0.410 e. The molecule has 0 spiro atoms. The minimum absolute atomic E-state index is 0.0277. The topological polar surface area (TPSA) is 73.5 Å². The van der Waals surface area contributed by atoms with Gasteiger partial charge in [0.05, 0.1) is 25.2 Å². The van der Waals surface area contributed by atoms with Crippen LogP contribution >= 0.6 is 11.6 Å². The van der Waals surface area contributed by atoms with Gasteiger partial charge in [-0.2, -0.15) is 13.2 Å². The maximum atomic E-state index is 13.0. The maximum absolute atomic E-state index is 13.0. The van der Waals surface area contributed by atoms with Gasteiger partial charge in [-0.05, 0) is 32.4 Å². The summed E-state index contributed by atoms with van der Waals surface area (Å²) in [5.74, 6) is 0.821. The Balaban J connectivity index is 1.35. The van der Waals surface area contributed by atoms with Crippen LogP contribution in [-0.2, 0) is 11.3 Å². The summed E-state index contributed by atoms with van der Waals surface area (Å²) in [5, 5.41) is 2.65. The fourth-order valence-corrected chi connectivity index (χ4v) is 4.53. The first-order chi connectivity index (χ1) is 14.5. The molecule has 0 saturated carbocycles. The van der Waals surface area contributed by atoms with Crippen molar-refractivity contribution < 1.29 is 22.7 Å². The van der Waals surface area contributed by atoms with E-state index in [1.54, 1.807) is 19.2 Å². The highest BCUT2D eigenvalue weighted by Crippen LogP contribution is 2.34. The summed E-state index contributed by atoms with van der Waals surface area (Å²) in [5.41, 5.74) is -0.846. The van der Waals surface area contributed by atoms with Gasteiger partial charge in [-0.15, -0.1) is 0 Å². The summed E-state index contributed by atoms with van der Waals surface area (Å²) >= 11 is 6.25. The normalized spacial score (nSPS) is 22.4. The van der Waals surface area contributed by atoms with E-state index in [2.05, 4.69) is 20.2 Å². The number of methoxy groups -OCH3 is 1. The van der Waals surface area contributed by atoms with Crippen molar-refractivity contribution in [2.75, 3.05) is 26.7 Å². The zero-order valence-electron chi connectivity index (χ0n) is 17.5. The molecule has 170 valence electrons. The van der Waals surface area contributed by atoms with Crippen molar-refractivity contribution in [3.8, 4) is 5.75 Å². The Labute approximate surface area is 182 Å². The molecule has 3 aliphatic heterocycles. The lowest BCUT2D eigenvalue weighted by molar-refractivity contribution is -0.189. The highest BCUT2D eigenvalue weighted by molar-refractivity contribution is 6.35. The number of carbonyl (C=O) groups is 1. The number of aromatic nitrogens is 2. The molecule has 11 heteroatoms. The van der Waals surface area contributed by atoms with Gasteiger partial charge < -0.3 is 15.0 Å². The number of nitrogens with one attached hydrogen (secondary N) is 2. The molecule has 4 heterocycles. The van der Waals surface area contributed by atoms with Crippen LogP contribution in [0.25, 0.3) is 11.0 Å². The number of H-pyrrole nitrogens is 1. The molecule has 1 aromatic carbocycles. The summed E-state index contributed by atoms with van der Waals surface area (Å²) in [6.07, 6.45) is -3.56. The highest BCUT2D eigenvalue weighted by atomic mass is 35.5. The number of ether oxygens (including phenoxy) is 1. The summed E-state index contributed by atoms with van der Waals surface area (Å²) in [6, 6.07) is 3.81. The first kappa shape index (κ1) is 22.2. The van der Waals surface area contributed by atoms with Crippen molar-refractivity contribution in [2.24, 2.45) is 0 Å². The van der Waals surface area contributed by atoms with Crippen LogP contribution in [0.5, 0.6) is 5.75 Å². The molecule has 0 aliphatic carbocycles. The monoisotopic (exact) mass is 459 g/mol. The molecule has 2 atom stereocenters. The predicted molar refractivity (Wildman–Crippen MR) is 110 cm³/mol. The van der Waals surface area contributed by atoms with Gasteiger partial charge in [0.2, 0.25) is 5.91 Å². The Morgan fingerprint density at radius 1 is 1.32 bits per heavy atom. The van der Waals surface area contributed by atoms with E-state index in [0.717, 1.165) is 31.6 Å². The summed E-state index contributed by atoms with van der Waals surface area (Å²) in [4.78, 5) is 24.3. The van der Waals surface area contributed by atoms with Crippen LogP contribution in [0.4, 0.5) is 13.2 Å². The molecular formula is C20H25ClF3N5O2. The van der Waals surface area contributed by atoms with Crippen LogP contribution in [0.2, 0.25) is 5.02 Å². The van der Waals surface area contributed by atoms with Gasteiger partial charge in [0.15, 0.2) is 0 Å². The molecule has 1 aromatic heterocycles. The van der Waals surface area contributed by atoms with E-state index >= 15 is 0 Å². The number of benzene rings is 1. The lowest BCUT2D eigenvalue weighted by Crippen LogP contribution is -2.70. The van der Waals surface area contributed by atoms with Crippen molar-refractivity contribution in [3.63, 3.8) is 0 Å². The van der Waals surface area contributed by atoms with Gasteiger partial charge >= 0.3 is 6.18 Å². The molecule has 3 saturated heterocycles. The number of carbonyl (C=O) groups excluding carboxylic acids is 1. The zero-order chi connectivity index (χ0) is 22.6. The van der Waals surface area contributed by atoms with E-state index in [1.807, 2.05) is 4.90 Å². The van der Waals surface area contributed by atoms with E-state index in [-0.39, 0.29) is 18.6 Å². The SMILES string of the molecule is COc1ccc(Cl)c2nc(CN3CC4CC(C3)N4CC(=O)NC(C)(C)C(F)(F)F)[nH]c12. The van der Waals surface area contributed by atoms with Gasteiger partial charge in [0.1, 0.15) is 28.1 Å². The number of rotatable bonds is 6. The smallest absolute Gasteiger partial charge is 0.410 e. The summed E-state index contributed by atoms with van der Waals surface area (Å²) in [6.45, 7) is 3.93. The predicted octanol–water partition coefficient (Wildman–Crippen LogP) is 2.94. The number of piperazine rings is 1. The molecular weight excluding hydrogens is 435 g/mol. The van der Waals surface area contributed by atoms with E-state index in [0.29, 0.717) is 35.9 Å². The standard InChI is InChI=1S/C20H25ClF3N5O2/c1-19(2,20(22,23)24)27-16(30)10-29-11-6-12(29)8-28(7-11)9-15-25-17-13(21)4-5-14(31-3)18(17)26-15/h4-5,11-12H,6-10H2,1-3H3,(H,25,26)(H,27,30). The fraction of sp³-hybridized carbons (Fsp3) is 0.600. The van der Waals surface area contributed by atoms with Crippen LogP contribution in [0, 0.1) is 0 Å². The van der Waals surface area contributed by atoms with Gasteiger partial charge in [-0.3, -0.25) is 14.6 Å². The third kappa shape index (κ3) is 4.20. The van der Waals surface area contributed by atoms with Crippen molar-refractivity contribution in [1.82, 2.24) is 25.1 Å². The number of fused-ring (bicyclic) bond motifs is 3. The van der Waals surface area contributed by atoms with E-state index in [1.165, 1.54) is 0 Å². The molecule has 31 heavy (non-hydrogen) atoms. The number of hydrogen-bond acceptors (Lipinski definition) is 5. The summed E-state index contributed by atoms with van der Waals surface area (Å²) in [7, 11) is 1.59. The Morgan fingerprint density at radius 2 is 2.00 bits per heavy atom. The zero-order valence-corrected chi connectivity index (χ0v) is 18.3. The number of alkyl halides is 3. The van der Waals surface area contributed by atoms with Gasteiger partial charge in [0.25, 0.3) is 0 Å². The lowest BCUT2D eigenvalue weighted by Gasteiger charge is -2.56. The highest BCUT2D eigenvalue weighted by Gasteiger charge is 2.50. The second-order valence-electron chi connectivity index (χ2n) is 8.74. The molecule has 7 nitrogen and oxygen atoms in total. The Bertz CT molecular complexity index is 981. The lowest BCUT2D eigenvalue weighted by atomic mass is 9.87. The van der Waals surface area contributed by atoms with Gasteiger partial charge in [-0.1, -0.05) is 11.6 Å². The Morgan fingerprint density at radius 3 is 2.61 bits per heavy atom. The van der Waals surface area contributed by atoms with E-state index in [4.69, 9.17) is 16.3 Å². The number of hydrogen-bond donors (Lipinski definition) is 2. The van der Waals surface area contributed by atoms with Gasteiger partial charge in [-0.25, -0.2) is 4.98 Å². The molecule has 3 aliphatic rings. The number of piperidine rings is 1. The van der Waals surface area contributed by atoms with Crippen LogP contribution in [-0.4, -0.2) is 76.2 Å². The first-order valence-corrected chi connectivity index (χ1v) is 10.4. The molecule has 2 N–H and O–H groups in total. The third-order valence-corrected chi connectivity index (χ3v) is 6.41. The van der Waals surface area contributed by atoms with Crippen molar-refractivity contribution >= 4 is 28.5 Å². The number of halogens is 4. The van der Waals surface area contributed by atoms with Crippen LogP contribution in [0.1, 0.15) is 26.1 Å². The van der Waals surface area contributed by atoms with E-state index < -0.39 is 17.6 Å². The first-order valence-electron chi connectivity index (χ1n) is 10.1. The molecule has 2 bridgehead atoms. The third-order valence-electron chi connectivity index (χ3n) is 6.11. The molecule has 5 rings (SSSR count). The molecule has 0 radical (unpaired) electrons. The fourth-order valence-electron chi connectivity index (χ4n) is 4.33. The second kappa shape index (κ2) is 7.83. The second-order valence-corrected chi connectivity index (χ2v) is 9.14. The van der Waals surface area contributed by atoms with Gasteiger partial charge in [0, 0.05) is 25.2 Å². The number of imidazole rings is 1. The Hall–Kier alpha value is -2.04. The quantitative estimate of drug-likeness (QED) is 0.695. The average Bonchev–Trinajstić information content (AvgIpc) is 3.10. The summed E-state index contributed by atoms with van der Waals surface area (Å²) < 4.78 is 44.4. The molecule has 1 amide bonds. The van der Waals surface area contributed by atoms with Crippen molar-refractivity contribution in [1.29, 1.82) is 0 Å². The minimum atomic E-state index is -4.50. The molecule has 2 unspecified atom stereocenters. The molecule has 2 aromatic rings. The number of nitrogens with zero attached hydrogens (tertiary/aromatic N) is 3. The van der Waals surface area contributed by atoms with Crippen molar-refractivity contribution in [3.05, 3.63) is 23.0 Å². The largest absolute Gasteiger partial charge is 0.494 e. The molecule has 3 fully saturated rings. The Kier molecular flexibility index (Phi) is 5.60. The van der Waals surface area contributed by atoms with E-state index in [9.17, 15) is 18.0 Å². The number of amides is 1. The van der Waals surface area contributed by atoms with Crippen LogP contribution in [0.15, 0.2) is 12.1 Å². The van der Waals surface area contributed by atoms with Crippen molar-refractivity contribution in [2.45, 2.75) is 50.6 Å². The minimum Gasteiger partial charge on any atom is -0.494 e. The van der Waals surface area contributed by atoms with Crippen LogP contribution in [0.3, 0.4) is 0 Å².